The predicted molar refractivity (Wildman–Crippen MR) is 109 cm³/mol. The number of benzene rings is 2. The standard InChI is InChI=1S/C19H16Cl2N4O3/c1-12-15(19(27)25(24-12)14-5-3-2-4-6-14)10-22-23-18(26)11-28-17-8-7-13(20)9-16(17)21/h2-10,24H,11H2,1H3,(H,23,26)/b22-10-. The molecule has 2 N–H and O–H groups in total. The van der Waals surface area contributed by atoms with Gasteiger partial charge >= 0.3 is 0 Å². The number of aromatic amines is 1. The predicted octanol–water partition coefficient (Wildman–Crippen LogP) is 3.31. The molecule has 0 aliphatic rings. The molecule has 3 rings (SSSR count). The van der Waals surface area contributed by atoms with Gasteiger partial charge in [-0.3, -0.25) is 14.7 Å². The van der Waals surface area contributed by atoms with Crippen LogP contribution in [0.25, 0.3) is 5.69 Å². The number of aromatic nitrogens is 2. The number of ether oxygens (including phenoxy) is 1. The Kier molecular flexibility index (Phi) is 6.18. The lowest BCUT2D eigenvalue weighted by Gasteiger charge is -2.06. The first kappa shape index (κ1) is 19.7. The van der Waals surface area contributed by atoms with Crippen LogP contribution in [0.3, 0.4) is 0 Å². The highest BCUT2D eigenvalue weighted by Crippen LogP contribution is 2.27. The fourth-order valence-electron chi connectivity index (χ4n) is 2.41. The van der Waals surface area contributed by atoms with Crippen molar-refractivity contribution in [2.24, 2.45) is 5.10 Å². The van der Waals surface area contributed by atoms with Crippen molar-refractivity contribution in [2.45, 2.75) is 6.92 Å². The zero-order chi connectivity index (χ0) is 20.1. The number of hydrogen-bond acceptors (Lipinski definition) is 4. The first-order chi connectivity index (χ1) is 13.5. The summed E-state index contributed by atoms with van der Waals surface area (Å²) in [7, 11) is 0. The Morgan fingerprint density at radius 2 is 2.00 bits per heavy atom. The van der Waals surface area contributed by atoms with Gasteiger partial charge in [0.15, 0.2) is 6.61 Å². The number of aryl methyl sites for hydroxylation is 1. The summed E-state index contributed by atoms with van der Waals surface area (Å²) in [5, 5.41) is 7.57. The van der Waals surface area contributed by atoms with E-state index in [-0.39, 0.29) is 12.2 Å². The molecule has 1 amide bonds. The zero-order valence-electron chi connectivity index (χ0n) is 14.8. The van der Waals surface area contributed by atoms with Crippen LogP contribution in [-0.2, 0) is 4.79 Å². The summed E-state index contributed by atoms with van der Waals surface area (Å²) in [6, 6.07) is 13.8. The lowest BCUT2D eigenvalue weighted by atomic mass is 10.3. The van der Waals surface area contributed by atoms with Crippen molar-refractivity contribution in [1.29, 1.82) is 0 Å². The number of rotatable bonds is 6. The summed E-state index contributed by atoms with van der Waals surface area (Å²) in [6.07, 6.45) is 1.29. The largest absolute Gasteiger partial charge is 0.482 e. The third-order valence-corrected chi connectivity index (χ3v) is 4.30. The molecule has 0 fully saturated rings. The molecule has 0 saturated carbocycles. The van der Waals surface area contributed by atoms with Gasteiger partial charge < -0.3 is 4.74 Å². The van der Waals surface area contributed by atoms with Gasteiger partial charge in [0.2, 0.25) is 0 Å². The summed E-state index contributed by atoms with van der Waals surface area (Å²) in [4.78, 5) is 24.4. The van der Waals surface area contributed by atoms with Gasteiger partial charge in [-0.2, -0.15) is 5.10 Å². The first-order valence-electron chi connectivity index (χ1n) is 8.22. The summed E-state index contributed by atoms with van der Waals surface area (Å²) in [6.45, 7) is 1.45. The van der Waals surface area contributed by atoms with E-state index >= 15 is 0 Å². The molecule has 28 heavy (non-hydrogen) atoms. The zero-order valence-corrected chi connectivity index (χ0v) is 16.3. The molecule has 2 aromatic carbocycles. The average Bonchev–Trinajstić information content (AvgIpc) is 2.96. The highest BCUT2D eigenvalue weighted by Gasteiger charge is 2.11. The minimum atomic E-state index is -0.501. The summed E-state index contributed by atoms with van der Waals surface area (Å²) in [5.41, 5.74) is 3.70. The van der Waals surface area contributed by atoms with E-state index in [1.165, 1.54) is 17.0 Å². The second-order valence-corrected chi connectivity index (χ2v) is 6.63. The number of halogens is 2. The summed E-state index contributed by atoms with van der Waals surface area (Å²) in [5.74, 6) is -0.170. The molecular weight excluding hydrogens is 403 g/mol. The molecule has 0 bridgehead atoms. The molecular formula is C19H16Cl2N4O3. The molecule has 3 aromatic rings. The van der Waals surface area contributed by atoms with Crippen molar-refractivity contribution in [3.05, 3.63) is 80.2 Å². The molecule has 1 heterocycles. The van der Waals surface area contributed by atoms with Crippen LogP contribution in [0.5, 0.6) is 5.75 Å². The number of H-pyrrole nitrogens is 1. The lowest BCUT2D eigenvalue weighted by molar-refractivity contribution is -0.123. The minimum Gasteiger partial charge on any atom is -0.482 e. The maximum Gasteiger partial charge on any atom is 0.280 e. The quantitative estimate of drug-likeness (QED) is 0.475. The molecule has 0 unspecified atom stereocenters. The van der Waals surface area contributed by atoms with Gasteiger partial charge in [0.25, 0.3) is 11.5 Å². The Hall–Kier alpha value is -3.03. The molecule has 9 heteroatoms. The van der Waals surface area contributed by atoms with Crippen LogP contribution in [0, 0.1) is 6.92 Å². The third-order valence-electron chi connectivity index (χ3n) is 3.77. The number of nitrogens with one attached hydrogen (secondary N) is 2. The van der Waals surface area contributed by atoms with E-state index < -0.39 is 5.91 Å². The topological polar surface area (TPSA) is 88.5 Å². The van der Waals surface area contributed by atoms with Gasteiger partial charge in [0.05, 0.1) is 22.5 Å². The number of hydrazone groups is 1. The van der Waals surface area contributed by atoms with Crippen LogP contribution >= 0.6 is 23.2 Å². The maximum absolute atomic E-state index is 12.5. The van der Waals surface area contributed by atoms with Crippen LogP contribution in [0.2, 0.25) is 10.0 Å². The molecule has 0 radical (unpaired) electrons. The van der Waals surface area contributed by atoms with Gasteiger partial charge in [0.1, 0.15) is 5.75 Å². The molecule has 0 atom stereocenters. The average molecular weight is 419 g/mol. The Morgan fingerprint density at radius 3 is 2.71 bits per heavy atom. The molecule has 0 spiro atoms. The van der Waals surface area contributed by atoms with E-state index in [0.717, 1.165) is 0 Å². The number of carbonyl (C=O) groups is 1. The Bertz CT molecular complexity index is 1070. The fourth-order valence-corrected chi connectivity index (χ4v) is 2.87. The molecule has 0 saturated heterocycles. The fraction of sp³-hybridized carbons (Fsp3) is 0.105. The van der Waals surface area contributed by atoms with E-state index in [1.807, 2.05) is 18.2 Å². The van der Waals surface area contributed by atoms with Gasteiger partial charge in [-0.15, -0.1) is 0 Å². The molecule has 1 aromatic heterocycles. The Labute approximate surface area is 170 Å². The van der Waals surface area contributed by atoms with E-state index in [0.29, 0.717) is 32.7 Å². The van der Waals surface area contributed by atoms with Crippen molar-refractivity contribution < 1.29 is 9.53 Å². The van der Waals surface area contributed by atoms with E-state index in [4.69, 9.17) is 27.9 Å². The third kappa shape index (κ3) is 4.62. The van der Waals surface area contributed by atoms with Gasteiger partial charge in [-0.05, 0) is 37.3 Å². The second-order valence-electron chi connectivity index (χ2n) is 5.78. The SMILES string of the molecule is Cc1[nH]n(-c2ccccc2)c(=O)c1/C=N\NC(=O)COc1ccc(Cl)cc1Cl. The molecule has 144 valence electrons. The highest BCUT2D eigenvalue weighted by atomic mass is 35.5. The van der Waals surface area contributed by atoms with E-state index in [2.05, 4.69) is 15.6 Å². The van der Waals surface area contributed by atoms with Crippen LogP contribution < -0.4 is 15.7 Å². The van der Waals surface area contributed by atoms with Crippen LogP contribution in [0.15, 0.2) is 58.4 Å². The van der Waals surface area contributed by atoms with Crippen molar-refractivity contribution in [2.75, 3.05) is 6.61 Å². The monoisotopic (exact) mass is 418 g/mol. The summed E-state index contributed by atoms with van der Waals surface area (Å²) < 4.78 is 6.72. The number of para-hydroxylation sites is 1. The van der Waals surface area contributed by atoms with Crippen molar-refractivity contribution in [1.82, 2.24) is 15.2 Å². The molecule has 0 aliphatic carbocycles. The van der Waals surface area contributed by atoms with Gasteiger partial charge in [-0.25, -0.2) is 10.1 Å². The minimum absolute atomic E-state index is 0.272. The second kappa shape index (κ2) is 8.77. The first-order valence-corrected chi connectivity index (χ1v) is 8.98. The van der Waals surface area contributed by atoms with E-state index in [1.54, 1.807) is 31.2 Å². The molecule has 7 nitrogen and oxygen atoms in total. The van der Waals surface area contributed by atoms with Crippen LogP contribution in [0.1, 0.15) is 11.3 Å². The van der Waals surface area contributed by atoms with Crippen LogP contribution in [0.4, 0.5) is 0 Å². The van der Waals surface area contributed by atoms with Crippen molar-refractivity contribution >= 4 is 35.3 Å². The maximum atomic E-state index is 12.5. The Morgan fingerprint density at radius 1 is 1.25 bits per heavy atom. The van der Waals surface area contributed by atoms with Gasteiger partial charge in [0, 0.05) is 10.7 Å². The summed E-state index contributed by atoms with van der Waals surface area (Å²) >= 11 is 11.8. The van der Waals surface area contributed by atoms with Crippen molar-refractivity contribution in [3.63, 3.8) is 0 Å². The number of nitrogens with zero attached hydrogens (tertiary/aromatic N) is 2. The highest BCUT2D eigenvalue weighted by molar-refractivity contribution is 6.35. The normalized spacial score (nSPS) is 11.0. The lowest BCUT2D eigenvalue weighted by Crippen LogP contribution is -2.25. The number of carbonyl (C=O) groups excluding carboxylic acids is 1. The number of amides is 1. The smallest absolute Gasteiger partial charge is 0.280 e. The Balaban J connectivity index is 1.62. The number of hydrogen-bond donors (Lipinski definition) is 2. The van der Waals surface area contributed by atoms with Gasteiger partial charge in [-0.1, -0.05) is 41.4 Å². The van der Waals surface area contributed by atoms with E-state index in [9.17, 15) is 9.59 Å². The van der Waals surface area contributed by atoms with Crippen molar-refractivity contribution in [3.8, 4) is 11.4 Å². The molecule has 0 aliphatic heterocycles. The van der Waals surface area contributed by atoms with Crippen LogP contribution in [-0.4, -0.2) is 28.5 Å².